The molecule has 1 N–H and O–H groups in total. The van der Waals surface area contributed by atoms with E-state index in [1.54, 1.807) is 4.90 Å². The number of amides is 2. The molecule has 0 saturated carbocycles. The zero-order valence-corrected chi connectivity index (χ0v) is 17.0. The van der Waals surface area contributed by atoms with Crippen LogP contribution in [-0.2, 0) is 19.6 Å². The van der Waals surface area contributed by atoms with Gasteiger partial charge in [0.2, 0.25) is 0 Å². The van der Waals surface area contributed by atoms with E-state index in [0.29, 0.717) is 19.7 Å². The van der Waals surface area contributed by atoms with E-state index in [2.05, 4.69) is 28.4 Å². The molecule has 150 valence electrons. The first kappa shape index (κ1) is 20.2. The Morgan fingerprint density at radius 2 is 1.75 bits per heavy atom. The predicted octanol–water partition coefficient (Wildman–Crippen LogP) is 4.02. The van der Waals surface area contributed by atoms with Gasteiger partial charge in [0, 0.05) is 26.7 Å². The van der Waals surface area contributed by atoms with Crippen molar-refractivity contribution in [2.45, 2.75) is 39.4 Å². The standard InChI is InChI=1S/C23H31N3O2/c1-3-28-22-12-10-19(11-13-22)17-25(2)23(27)24-16-20-8-4-5-9-21(20)18-26-14-6-7-15-26/h4-5,8-13H,3,6-7,14-18H2,1-2H3,(H,24,27). The Morgan fingerprint density at radius 1 is 1.07 bits per heavy atom. The highest BCUT2D eigenvalue weighted by Crippen LogP contribution is 2.16. The fraction of sp³-hybridized carbons (Fsp3) is 0.435. The summed E-state index contributed by atoms with van der Waals surface area (Å²) < 4.78 is 5.46. The van der Waals surface area contributed by atoms with Crippen LogP contribution in [-0.4, -0.2) is 42.6 Å². The summed E-state index contributed by atoms with van der Waals surface area (Å²) in [4.78, 5) is 16.7. The van der Waals surface area contributed by atoms with Crippen LogP contribution >= 0.6 is 0 Å². The summed E-state index contributed by atoms with van der Waals surface area (Å²) in [7, 11) is 1.82. The number of likely N-dealkylation sites (tertiary alicyclic amines) is 1. The van der Waals surface area contributed by atoms with Crippen LogP contribution in [0.2, 0.25) is 0 Å². The minimum absolute atomic E-state index is 0.0649. The van der Waals surface area contributed by atoms with E-state index < -0.39 is 0 Å². The molecule has 1 fully saturated rings. The molecule has 3 rings (SSSR count). The van der Waals surface area contributed by atoms with Crippen LogP contribution in [0.3, 0.4) is 0 Å². The number of nitrogens with zero attached hydrogens (tertiary/aromatic N) is 2. The van der Waals surface area contributed by atoms with E-state index in [9.17, 15) is 4.79 Å². The Balaban J connectivity index is 1.51. The van der Waals surface area contributed by atoms with Gasteiger partial charge in [-0.3, -0.25) is 4.90 Å². The van der Waals surface area contributed by atoms with Gasteiger partial charge >= 0.3 is 6.03 Å². The lowest BCUT2D eigenvalue weighted by Crippen LogP contribution is -2.36. The molecule has 0 atom stereocenters. The van der Waals surface area contributed by atoms with E-state index in [4.69, 9.17) is 4.74 Å². The number of carbonyl (C=O) groups is 1. The highest BCUT2D eigenvalue weighted by atomic mass is 16.5. The molecule has 0 radical (unpaired) electrons. The number of benzene rings is 2. The second-order valence-corrected chi connectivity index (χ2v) is 7.34. The zero-order chi connectivity index (χ0) is 19.8. The third-order valence-electron chi connectivity index (χ3n) is 5.14. The first-order valence-electron chi connectivity index (χ1n) is 10.2. The van der Waals surface area contributed by atoms with E-state index >= 15 is 0 Å². The molecule has 0 aliphatic carbocycles. The molecule has 5 nitrogen and oxygen atoms in total. The van der Waals surface area contributed by atoms with Crippen molar-refractivity contribution < 1.29 is 9.53 Å². The second-order valence-electron chi connectivity index (χ2n) is 7.34. The maximum atomic E-state index is 12.5. The normalized spacial score (nSPS) is 14.1. The largest absolute Gasteiger partial charge is 0.494 e. The monoisotopic (exact) mass is 381 g/mol. The van der Waals surface area contributed by atoms with Crippen LogP contribution in [0, 0.1) is 0 Å². The van der Waals surface area contributed by atoms with Crippen LogP contribution in [0.15, 0.2) is 48.5 Å². The second kappa shape index (κ2) is 10.1. The Labute approximate surface area is 168 Å². The van der Waals surface area contributed by atoms with Gasteiger partial charge in [-0.25, -0.2) is 4.79 Å². The van der Waals surface area contributed by atoms with Gasteiger partial charge in [-0.15, -0.1) is 0 Å². The molecule has 2 amide bonds. The lowest BCUT2D eigenvalue weighted by Gasteiger charge is -2.20. The average molecular weight is 382 g/mol. The lowest BCUT2D eigenvalue weighted by molar-refractivity contribution is 0.206. The molecule has 0 aromatic heterocycles. The van der Waals surface area contributed by atoms with Crippen molar-refractivity contribution in [3.8, 4) is 5.75 Å². The Hall–Kier alpha value is -2.53. The van der Waals surface area contributed by atoms with E-state index in [1.165, 1.54) is 37.1 Å². The van der Waals surface area contributed by atoms with Crippen molar-refractivity contribution in [3.63, 3.8) is 0 Å². The van der Waals surface area contributed by atoms with Crippen molar-refractivity contribution in [1.29, 1.82) is 0 Å². The number of ether oxygens (including phenoxy) is 1. The molecule has 5 heteroatoms. The molecular weight excluding hydrogens is 350 g/mol. The minimum atomic E-state index is -0.0649. The fourth-order valence-corrected chi connectivity index (χ4v) is 3.58. The van der Waals surface area contributed by atoms with E-state index in [0.717, 1.165) is 17.9 Å². The van der Waals surface area contributed by atoms with Crippen molar-refractivity contribution in [2.24, 2.45) is 0 Å². The molecule has 28 heavy (non-hydrogen) atoms. The fourth-order valence-electron chi connectivity index (χ4n) is 3.58. The molecule has 0 bridgehead atoms. The highest BCUT2D eigenvalue weighted by Gasteiger charge is 2.14. The van der Waals surface area contributed by atoms with E-state index in [1.807, 2.05) is 44.3 Å². The van der Waals surface area contributed by atoms with Crippen molar-refractivity contribution >= 4 is 6.03 Å². The zero-order valence-electron chi connectivity index (χ0n) is 17.0. The number of hydrogen-bond donors (Lipinski definition) is 1. The summed E-state index contributed by atoms with van der Waals surface area (Å²) in [5.41, 5.74) is 3.58. The van der Waals surface area contributed by atoms with Crippen molar-refractivity contribution in [2.75, 3.05) is 26.7 Å². The number of rotatable bonds is 8. The smallest absolute Gasteiger partial charge is 0.317 e. The van der Waals surface area contributed by atoms with Gasteiger partial charge < -0.3 is 15.0 Å². The molecule has 2 aromatic carbocycles. The SMILES string of the molecule is CCOc1ccc(CN(C)C(=O)NCc2ccccc2CN2CCCC2)cc1. The van der Waals surface area contributed by atoms with Gasteiger partial charge in [-0.1, -0.05) is 36.4 Å². The van der Waals surface area contributed by atoms with Gasteiger partial charge in [0.15, 0.2) is 0 Å². The quantitative estimate of drug-likeness (QED) is 0.751. The third kappa shape index (κ3) is 5.73. The summed E-state index contributed by atoms with van der Waals surface area (Å²) in [6.45, 7) is 7.05. The number of urea groups is 1. The number of carbonyl (C=O) groups excluding carboxylic acids is 1. The molecule has 1 saturated heterocycles. The number of hydrogen-bond acceptors (Lipinski definition) is 3. The number of nitrogens with one attached hydrogen (secondary N) is 1. The van der Waals surface area contributed by atoms with Crippen LogP contribution in [0.5, 0.6) is 5.75 Å². The van der Waals surface area contributed by atoms with Gasteiger partial charge in [0.25, 0.3) is 0 Å². The Kier molecular flexibility index (Phi) is 7.31. The topological polar surface area (TPSA) is 44.8 Å². The summed E-state index contributed by atoms with van der Waals surface area (Å²) in [5.74, 6) is 0.855. The Morgan fingerprint density at radius 3 is 2.43 bits per heavy atom. The van der Waals surface area contributed by atoms with Crippen LogP contribution < -0.4 is 10.1 Å². The summed E-state index contributed by atoms with van der Waals surface area (Å²) in [5, 5.41) is 3.06. The van der Waals surface area contributed by atoms with Crippen LogP contribution in [0.1, 0.15) is 36.5 Å². The van der Waals surface area contributed by atoms with Gasteiger partial charge in [0.05, 0.1) is 6.61 Å². The molecular formula is C23H31N3O2. The van der Waals surface area contributed by atoms with Crippen molar-refractivity contribution in [3.05, 3.63) is 65.2 Å². The highest BCUT2D eigenvalue weighted by molar-refractivity contribution is 5.73. The summed E-state index contributed by atoms with van der Waals surface area (Å²) >= 11 is 0. The maximum absolute atomic E-state index is 12.5. The summed E-state index contributed by atoms with van der Waals surface area (Å²) in [6, 6.07) is 16.2. The minimum Gasteiger partial charge on any atom is -0.494 e. The first-order valence-corrected chi connectivity index (χ1v) is 10.2. The first-order chi connectivity index (χ1) is 13.7. The summed E-state index contributed by atoms with van der Waals surface area (Å²) in [6.07, 6.45) is 2.57. The molecule has 1 aliphatic heterocycles. The predicted molar refractivity (Wildman–Crippen MR) is 112 cm³/mol. The third-order valence-corrected chi connectivity index (χ3v) is 5.14. The van der Waals surface area contributed by atoms with Gasteiger partial charge in [-0.2, -0.15) is 0 Å². The van der Waals surface area contributed by atoms with Gasteiger partial charge in [-0.05, 0) is 61.7 Å². The Bertz CT molecular complexity index is 755. The molecule has 2 aromatic rings. The molecule has 1 aliphatic rings. The van der Waals surface area contributed by atoms with Gasteiger partial charge in [0.1, 0.15) is 5.75 Å². The van der Waals surface area contributed by atoms with Crippen molar-refractivity contribution in [1.82, 2.24) is 15.1 Å². The maximum Gasteiger partial charge on any atom is 0.317 e. The molecule has 0 spiro atoms. The molecule has 0 unspecified atom stereocenters. The van der Waals surface area contributed by atoms with Crippen LogP contribution in [0.25, 0.3) is 0 Å². The average Bonchev–Trinajstić information content (AvgIpc) is 3.22. The molecule has 1 heterocycles. The van der Waals surface area contributed by atoms with E-state index in [-0.39, 0.29) is 6.03 Å². The van der Waals surface area contributed by atoms with Crippen LogP contribution in [0.4, 0.5) is 4.79 Å². The lowest BCUT2D eigenvalue weighted by atomic mass is 10.1.